The highest BCUT2D eigenvalue weighted by Crippen LogP contribution is 2.44. The summed E-state index contributed by atoms with van der Waals surface area (Å²) in [6, 6.07) is 11.2. The Balaban J connectivity index is 1.99. The third kappa shape index (κ3) is 5.85. The first-order chi connectivity index (χ1) is 18.1. The van der Waals surface area contributed by atoms with Gasteiger partial charge < -0.3 is 25.3 Å². The van der Waals surface area contributed by atoms with Gasteiger partial charge in [0.15, 0.2) is 11.5 Å². The molecule has 0 fully saturated rings. The van der Waals surface area contributed by atoms with Crippen LogP contribution in [0.15, 0.2) is 41.4 Å². The lowest BCUT2D eigenvalue weighted by Gasteiger charge is -2.17. The smallest absolute Gasteiger partial charge is 0.416 e. The van der Waals surface area contributed by atoms with Gasteiger partial charge in [-0.15, -0.1) is 0 Å². The van der Waals surface area contributed by atoms with Crippen LogP contribution in [0.2, 0.25) is 0 Å². The van der Waals surface area contributed by atoms with Gasteiger partial charge in [-0.1, -0.05) is 17.8 Å². The molecule has 0 saturated heterocycles. The van der Waals surface area contributed by atoms with Crippen molar-refractivity contribution in [1.82, 2.24) is 4.98 Å². The largest absolute Gasteiger partial charge is 0.493 e. The van der Waals surface area contributed by atoms with Crippen molar-refractivity contribution in [2.24, 2.45) is 0 Å². The quantitative estimate of drug-likeness (QED) is 0.381. The first-order valence-corrected chi connectivity index (χ1v) is 11.6. The summed E-state index contributed by atoms with van der Waals surface area (Å²) in [5.74, 6) is -0.316. The van der Waals surface area contributed by atoms with Crippen molar-refractivity contribution in [1.29, 1.82) is 10.5 Å². The molecule has 0 aliphatic rings. The minimum absolute atomic E-state index is 0.0399. The Morgan fingerprint density at radius 2 is 1.68 bits per heavy atom. The van der Waals surface area contributed by atoms with Gasteiger partial charge in [-0.05, 0) is 35.9 Å². The molecule has 3 aromatic rings. The second-order valence-electron chi connectivity index (χ2n) is 7.48. The average molecular weight is 544 g/mol. The second-order valence-corrected chi connectivity index (χ2v) is 8.44. The highest BCUT2D eigenvalue weighted by molar-refractivity contribution is 8.00. The zero-order valence-corrected chi connectivity index (χ0v) is 21.1. The fourth-order valence-electron chi connectivity index (χ4n) is 3.52. The number of carbonyl (C=O) groups is 1. The Kier molecular flexibility index (Phi) is 8.55. The maximum absolute atomic E-state index is 13.0. The normalized spacial score (nSPS) is 10.7. The molecule has 0 unspecified atom stereocenters. The average Bonchev–Trinajstić information content (AvgIpc) is 2.90. The molecular weight excluding hydrogens is 523 g/mol. The van der Waals surface area contributed by atoms with Crippen molar-refractivity contribution >= 4 is 29.2 Å². The van der Waals surface area contributed by atoms with Gasteiger partial charge in [0, 0.05) is 11.3 Å². The molecule has 0 radical (unpaired) electrons. The lowest BCUT2D eigenvalue weighted by molar-refractivity contribution is -0.137. The third-order valence-electron chi connectivity index (χ3n) is 5.18. The molecule has 3 N–H and O–H groups in total. The van der Waals surface area contributed by atoms with Crippen molar-refractivity contribution in [2.75, 3.05) is 38.1 Å². The van der Waals surface area contributed by atoms with Crippen molar-refractivity contribution < 1.29 is 32.2 Å². The molecule has 0 atom stereocenters. The van der Waals surface area contributed by atoms with Crippen molar-refractivity contribution in [3.05, 3.63) is 53.1 Å². The maximum Gasteiger partial charge on any atom is 0.416 e. The van der Waals surface area contributed by atoms with E-state index in [1.165, 1.54) is 45.6 Å². The molecule has 1 heterocycles. The molecule has 0 bridgehead atoms. The number of rotatable bonds is 8. The summed E-state index contributed by atoms with van der Waals surface area (Å²) in [6.45, 7) is 0. The first-order valence-electron chi connectivity index (χ1n) is 10.6. The van der Waals surface area contributed by atoms with Crippen LogP contribution in [0.3, 0.4) is 0 Å². The number of nitriles is 2. The zero-order chi connectivity index (χ0) is 28.0. The molecule has 9 nitrogen and oxygen atoms in total. The highest BCUT2D eigenvalue weighted by Gasteiger charge is 2.30. The standard InChI is InChI=1S/C25H20F3N5O4S/c1-35-18-7-13(8-19(36-2)22(18)37-3)21-16(10-29)23(31)33-24(17(21)11-30)38-12-20(34)32-15-6-4-5-14(9-15)25(26,27)28/h4-9H,12H2,1-3H3,(H2,31,33)(H,32,34). The van der Waals surface area contributed by atoms with Crippen molar-refractivity contribution in [3.63, 3.8) is 0 Å². The van der Waals surface area contributed by atoms with Gasteiger partial charge >= 0.3 is 6.18 Å². The number of amides is 1. The van der Waals surface area contributed by atoms with Crippen LogP contribution in [0.1, 0.15) is 16.7 Å². The van der Waals surface area contributed by atoms with Crippen LogP contribution in [-0.4, -0.2) is 38.0 Å². The fourth-order valence-corrected chi connectivity index (χ4v) is 4.32. The van der Waals surface area contributed by atoms with Crippen LogP contribution in [0.4, 0.5) is 24.7 Å². The molecule has 0 aliphatic heterocycles. The van der Waals surface area contributed by atoms with Crippen LogP contribution < -0.4 is 25.3 Å². The number of aromatic nitrogens is 1. The van der Waals surface area contributed by atoms with Gasteiger partial charge in [-0.2, -0.15) is 23.7 Å². The maximum atomic E-state index is 13.0. The number of anilines is 2. The first kappa shape index (κ1) is 28.0. The molecule has 0 saturated carbocycles. The Bertz CT molecular complexity index is 1440. The lowest BCUT2D eigenvalue weighted by Crippen LogP contribution is -2.15. The van der Waals surface area contributed by atoms with E-state index in [-0.39, 0.29) is 50.5 Å². The number of thioether (sulfide) groups is 1. The molecule has 196 valence electrons. The van der Waals surface area contributed by atoms with Gasteiger partial charge in [0.25, 0.3) is 0 Å². The van der Waals surface area contributed by atoms with Crippen LogP contribution >= 0.6 is 11.8 Å². The number of hydrogen-bond acceptors (Lipinski definition) is 9. The minimum atomic E-state index is -4.57. The number of nitrogen functional groups attached to an aromatic ring is 1. The van der Waals surface area contributed by atoms with E-state index >= 15 is 0 Å². The van der Waals surface area contributed by atoms with E-state index in [0.717, 1.165) is 23.9 Å². The van der Waals surface area contributed by atoms with Gasteiger partial charge in [0.1, 0.15) is 28.5 Å². The van der Waals surface area contributed by atoms with E-state index in [4.69, 9.17) is 19.9 Å². The molecule has 0 aliphatic carbocycles. The Morgan fingerprint density at radius 1 is 1.05 bits per heavy atom. The fraction of sp³-hybridized carbons (Fsp3) is 0.200. The van der Waals surface area contributed by atoms with E-state index in [9.17, 15) is 28.5 Å². The van der Waals surface area contributed by atoms with Crippen molar-refractivity contribution in [2.45, 2.75) is 11.2 Å². The number of nitrogens with one attached hydrogen (secondary N) is 1. The predicted octanol–water partition coefficient (Wildman–Crippen LogP) is 4.85. The number of nitrogens with two attached hydrogens (primary N) is 1. The van der Waals surface area contributed by atoms with Crippen LogP contribution in [0, 0.1) is 22.7 Å². The van der Waals surface area contributed by atoms with E-state index in [2.05, 4.69) is 10.3 Å². The number of nitrogens with zero attached hydrogens (tertiary/aromatic N) is 3. The predicted molar refractivity (Wildman–Crippen MR) is 134 cm³/mol. The Labute approximate surface area is 219 Å². The Morgan fingerprint density at radius 3 is 2.21 bits per heavy atom. The summed E-state index contributed by atoms with van der Waals surface area (Å²) in [7, 11) is 4.23. The van der Waals surface area contributed by atoms with E-state index < -0.39 is 17.6 Å². The highest BCUT2D eigenvalue weighted by atomic mass is 32.2. The Hall–Kier alpha value is -4.62. The summed E-state index contributed by atoms with van der Waals surface area (Å²) >= 11 is 0.834. The zero-order valence-electron chi connectivity index (χ0n) is 20.3. The van der Waals surface area contributed by atoms with Gasteiger partial charge in [0.2, 0.25) is 11.7 Å². The molecule has 38 heavy (non-hydrogen) atoms. The number of benzene rings is 2. The monoisotopic (exact) mass is 543 g/mol. The van der Waals surface area contributed by atoms with Crippen LogP contribution in [-0.2, 0) is 11.0 Å². The SMILES string of the molecule is COc1cc(-c2c(C#N)c(N)nc(SCC(=O)Nc3cccc(C(F)(F)F)c3)c2C#N)cc(OC)c1OC. The molecule has 2 aromatic carbocycles. The van der Waals surface area contributed by atoms with E-state index in [0.29, 0.717) is 11.3 Å². The van der Waals surface area contributed by atoms with Gasteiger partial charge in [-0.25, -0.2) is 4.98 Å². The molecule has 3 rings (SSSR count). The van der Waals surface area contributed by atoms with E-state index in [1.54, 1.807) is 0 Å². The molecule has 1 aromatic heterocycles. The molecule has 13 heteroatoms. The number of hydrogen-bond donors (Lipinski definition) is 2. The topological polar surface area (TPSA) is 143 Å². The summed E-state index contributed by atoms with van der Waals surface area (Å²) < 4.78 is 54.9. The van der Waals surface area contributed by atoms with Gasteiger partial charge in [0.05, 0.1) is 38.2 Å². The van der Waals surface area contributed by atoms with Crippen molar-refractivity contribution in [3.8, 4) is 40.5 Å². The number of halogens is 3. The number of pyridine rings is 1. The summed E-state index contributed by atoms with van der Waals surface area (Å²) in [6.07, 6.45) is -4.57. The third-order valence-corrected chi connectivity index (χ3v) is 6.16. The van der Waals surface area contributed by atoms with Gasteiger partial charge in [-0.3, -0.25) is 4.79 Å². The second kappa shape index (κ2) is 11.6. The molecule has 1 amide bonds. The number of alkyl halides is 3. The molecule has 0 spiro atoms. The minimum Gasteiger partial charge on any atom is -0.493 e. The van der Waals surface area contributed by atoms with Crippen LogP contribution in [0.5, 0.6) is 17.2 Å². The number of methoxy groups -OCH3 is 3. The summed E-state index contributed by atoms with van der Waals surface area (Å²) in [5, 5.41) is 22.2. The number of carbonyl (C=O) groups excluding carboxylic acids is 1. The van der Waals surface area contributed by atoms with E-state index in [1.807, 2.05) is 12.1 Å². The molecular formula is C25H20F3N5O4S. The van der Waals surface area contributed by atoms with Crippen LogP contribution in [0.25, 0.3) is 11.1 Å². The summed E-state index contributed by atoms with van der Waals surface area (Å²) in [5.41, 5.74) is 5.44. The number of ether oxygens (including phenoxy) is 3. The lowest BCUT2D eigenvalue weighted by atomic mass is 9.96. The summed E-state index contributed by atoms with van der Waals surface area (Å²) in [4.78, 5) is 16.6.